The topological polar surface area (TPSA) is 114 Å². The van der Waals surface area contributed by atoms with Gasteiger partial charge in [-0.2, -0.15) is 0 Å². The monoisotopic (exact) mass is 518 g/mol. The molecular weight excluding hydrogens is 475 g/mol. The van der Waals surface area contributed by atoms with Crippen molar-refractivity contribution >= 4 is 23.9 Å². The predicted octanol–water partition coefficient (Wildman–Crippen LogP) is 4.14. The summed E-state index contributed by atoms with van der Waals surface area (Å²) in [5, 5.41) is 0. The largest absolute Gasteiger partial charge is 0.462 e. The Morgan fingerprint density at radius 2 is 0.917 bits per heavy atom. The van der Waals surface area contributed by atoms with E-state index in [0.29, 0.717) is 0 Å². The van der Waals surface area contributed by atoms with E-state index in [9.17, 15) is 19.2 Å². The molecule has 1 unspecified atom stereocenters. The van der Waals surface area contributed by atoms with Crippen LogP contribution in [0.25, 0.3) is 0 Å². The standard InChI is InChI=1S/C26H43FO9/c1-23(2,3)19(28)32-13-14-15(34-20(29)24(4,5)6)16(35-21(30)25(7,8)9)17(18(27)33-14)36-22(31)26(10,11)12/h14-18H,13H2,1-12H3/t14-,15-,16-,17-,18?/m1/s1. The smallest absolute Gasteiger partial charge is 0.311 e. The summed E-state index contributed by atoms with van der Waals surface area (Å²) in [5.41, 5.74) is -3.84. The molecule has 0 aromatic heterocycles. The number of hydrogen-bond acceptors (Lipinski definition) is 9. The highest BCUT2D eigenvalue weighted by molar-refractivity contribution is 5.78. The van der Waals surface area contributed by atoms with Crippen molar-refractivity contribution < 1.29 is 47.3 Å². The van der Waals surface area contributed by atoms with E-state index in [1.807, 2.05) is 0 Å². The van der Waals surface area contributed by atoms with Crippen LogP contribution in [-0.4, -0.2) is 61.3 Å². The first-order valence-corrected chi connectivity index (χ1v) is 12.1. The number of halogens is 1. The van der Waals surface area contributed by atoms with Crippen LogP contribution in [0.3, 0.4) is 0 Å². The van der Waals surface area contributed by atoms with Gasteiger partial charge in [0.25, 0.3) is 0 Å². The molecule has 36 heavy (non-hydrogen) atoms. The van der Waals surface area contributed by atoms with Crippen molar-refractivity contribution in [2.45, 2.75) is 114 Å². The van der Waals surface area contributed by atoms with E-state index in [0.717, 1.165) is 0 Å². The van der Waals surface area contributed by atoms with Gasteiger partial charge < -0.3 is 23.7 Å². The van der Waals surface area contributed by atoms with E-state index >= 15 is 4.39 Å². The molecular formula is C26H43FO9. The minimum atomic E-state index is -2.25. The second-order valence-electron chi connectivity index (χ2n) is 13.2. The number of ether oxygens (including phenoxy) is 5. The van der Waals surface area contributed by atoms with Crippen LogP contribution < -0.4 is 0 Å². The second kappa shape index (κ2) is 11.0. The second-order valence-corrected chi connectivity index (χ2v) is 13.2. The van der Waals surface area contributed by atoms with Gasteiger partial charge in [-0.15, -0.1) is 0 Å². The van der Waals surface area contributed by atoms with Gasteiger partial charge in [-0.1, -0.05) is 0 Å². The molecule has 10 heteroatoms. The molecule has 1 heterocycles. The number of hydrogen-bond donors (Lipinski definition) is 0. The van der Waals surface area contributed by atoms with Crippen molar-refractivity contribution in [1.82, 2.24) is 0 Å². The predicted molar refractivity (Wildman–Crippen MR) is 128 cm³/mol. The molecule has 0 amide bonds. The molecule has 1 fully saturated rings. The molecule has 0 radical (unpaired) electrons. The maximum Gasteiger partial charge on any atom is 0.311 e. The maximum atomic E-state index is 15.4. The molecule has 1 aliphatic rings. The third-order valence-corrected chi connectivity index (χ3v) is 5.13. The maximum absolute atomic E-state index is 15.4. The molecule has 0 bridgehead atoms. The van der Waals surface area contributed by atoms with Gasteiger partial charge in [0.1, 0.15) is 12.7 Å². The van der Waals surface area contributed by atoms with Crippen molar-refractivity contribution in [3.8, 4) is 0 Å². The third kappa shape index (κ3) is 8.71. The van der Waals surface area contributed by atoms with Crippen LogP contribution in [-0.2, 0) is 42.9 Å². The van der Waals surface area contributed by atoms with Crippen molar-refractivity contribution in [1.29, 1.82) is 0 Å². The summed E-state index contributed by atoms with van der Waals surface area (Å²) in [6.07, 6.45) is -8.30. The highest BCUT2D eigenvalue weighted by Crippen LogP contribution is 2.34. The van der Waals surface area contributed by atoms with Crippen LogP contribution in [0.4, 0.5) is 4.39 Å². The summed E-state index contributed by atoms with van der Waals surface area (Å²) in [5.74, 6) is -2.79. The van der Waals surface area contributed by atoms with Gasteiger partial charge in [-0.3, -0.25) is 19.2 Å². The Morgan fingerprint density at radius 3 is 1.28 bits per heavy atom. The molecule has 1 rings (SSSR count). The van der Waals surface area contributed by atoms with Crippen LogP contribution in [0.15, 0.2) is 0 Å². The summed E-state index contributed by atoms with van der Waals surface area (Å²) in [4.78, 5) is 50.7. The summed E-state index contributed by atoms with van der Waals surface area (Å²) >= 11 is 0. The van der Waals surface area contributed by atoms with Gasteiger partial charge in [0.05, 0.1) is 21.7 Å². The number of carbonyl (C=O) groups excluding carboxylic acids is 4. The minimum absolute atomic E-state index is 0.484. The average Bonchev–Trinajstić information content (AvgIpc) is 2.67. The summed E-state index contributed by atoms with van der Waals surface area (Å²) in [7, 11) is 0. The molecule has 0 aromatic carbocycles. The molecule has 208 valence electrons. The van der Waals surface area contributed by atoms with Crippen molar-refractivity contribution in [2.75, 3.05) is 6.61 Å². The van der Waals surface area contributed by atoms with Crippen LogP contribution in [0.2, 0.25) is 0 Å². The minimum Gasteiger partial charge on any atom is -0.462 e. The Hall–Kier alpha value is -2.23. The number of carbonyl (C=O) groups is 4. The lowest BCUT2D eigenvalue weighted by Crippen LogP contribution is -2.62. The highest BCUT2D eigenvalue weighted by Gasteiger charge is 2.55. The fraction of sp³-hybridized carbons (Fsp3) is 0.846. The Bertz CT molecular complexity index is 824. The number of esters is 4. The van der Waals surface area contributed by atoms with Crippen LogP contribution in [0.1, 0.15) is 83.1 Å². The van der Waals surface area contributed by atoms with E-state index in [1.165, 1.54) is 0 Å². The normalized spacial score (nSPS) is 25.5. The molecule has 5 atom stereocenters. The zero-order valence-electron chi connectivity index (χ0n) is 23.6. The summed E-state index contributed by atoms with van der Waals surface area (Å²) in [6, 6.07) is 0. The van der Waals surface area contributed by atoms with Crippen molar-refractivity contribution in [2.24, 2.45) is 21.7 Å². The van der Waals surface area contributed by atoms with Gasteiger partial charge in [0.15, 0.2) is 18.3 Å². The van der Waals surface area contributed by atoms with Crippen LogP contribution >= 0.6 is 0 Å². The lowest BCUT2D eigenvalue weighted by molar-refractivity contribution is -0.283. The van der Waals surface area contributed by atoms with Gasteiger partial charge >= 0.3 is 23.9 Å². The van der Waals surface area contributed by atoms with Crippen molar-refractivity contribution in [3.05, 3.63) is 0 Å². The summed E-state index contributed by atoms with van der Waals surface area (Å²) < 4.78 is 42.8. The van der Waals surface area contributed by atoms with Gasteiger partial charge in [0, 0.05) is 0 Å². The fourth-order valence-electron chi connectivity index (χ4n) is 2.68. The first-order valence-electron chi connectivity index (χ1n) is 12.1. The molecule has 0 aliphatic carbocycles. The average molecular weight is 519 g/mol. The van der Waals surface area contributed by atoms with Gasteiger partial charge in [-0.25, -0.2) is 4.39 Å². The van der Waals surface area contributed by atoms with Gasteiger partial charge in [0.2, 0.25) is 6.36 Å². The quantitative estimate of drug-likeness (QED) is 0.391. The number of rotatable bonds is 5. The number of alkyl halides is 1. The van der Waals surface area contributed by atoms with E-state index in [-0.39, 0.29) is 0 Å². The van der Waals surface area contributed by atoms with Crippen LogP contribution in [0.5, 0.6) is 0 Å². The van der Waals surface area contributed by atoms with Crippen LogP contribution in [0, 0.1) is 21.7 Å². The van der Waals surface area contributed by atoms with Crippen molar-refractivity contribution in [3.63, 3.8) is 0 Å². The molecule has 1 aliphatic heterocycles. The van der Waals surface area contributed by atoms with E-state index < -0.39 is 82.9 Å². The van der Waals surface area contributed by atoms with Gasteiger partial charge in [-0.05, 0) is 83.1 Å². The Labute approximate surface area is 213 Å². The molecule has 9 nitrogen and oxygen atoms in total. The lowest BCUT2D eigenvalue weighted by Gasteiger charge is -2.43. The lowest BCUT2D eigenvalue weighted by atomic mass is 9.93. The molecule has 0 N–H and O–H groups in total. The Balaban J connectivity index is 3.50. The van der Waals surface area contributed by atoms with E-state index in [2.05, 4.69) is 0 Å². The fourth-order valence-corrected chi connectivity index (χ4v) is 2.68. The first-order chi connectivity index (χ1) is 16.0. The molecule has 0 spiro atoms. The first kappa shape index (κ1) is 31.8. The summed E-state index contributed by atoms with van der Waals surface area (Å²) in [6.45, 7) is 18.8. The SMILES string of the molecule is CC(C)(C)C(=O)OC[C@H]1OC(F)[C@H](OC(=O)C(C)(C)C)[C@H](OC(=O)C(C)(C)C)[C@@H]1OC(=O)C(C)(C)C. The Morgan fingerprint density at radius 1 is 0.583 bits per heavy atom. The van der Waals surface area contributed by atoms with E-state index in [1.54, 1.807) is 83.1 Å². The van der Waals surface area contributed by atoms with E-state index in [4.69, 9.17) is 23.7 Å². The zero-order valence-corrected chi connectivity index (χ0v) is 23.6. The molecule has 1 saturated heterocycles. The highest BCUT2D eigenvalue weighted by atomic mass is 19.1. The zero-order chi connectivity index (χ0) is 28.4. The molecule has 0 aromatic rings. The third-order valence-electron chi connectivity index (χ3n) is 5.13. The Kier molecular flexibility index (Phi) is 9.74. The molecule has 0 saturated carbocycles.